The number of hydrogen-bond donors (Lipinski definition) is 1. The second-order valence-corrected chi connectivity index (χ2v) is 8.15. The van der Waals surface area contributed by atoms with Crippen LogP contribution in [0.4, 0.5) is 0 Å². The summed E-state index contributed by atoms with van der Waals surface area (Å²) in [6.45, 7) is 0.481. The van der Waals surface area contributed by atoms with Gasteiger partial charge in [0.25, 0.3) is 5.91 Å². The van der Waals surface area contributed by atoms with Crippen molar-refractivity contribution in [1.29, 1.82) is 0 Å². The normalized spacial score (nSPS) is 20.8. The number of hydrogen-bond acceptors (Lipinski definition) is 6. The lowest BCUT2D eigenvalue weighted by Crippen LogP contribution is -2.19. The molecule has 2 heterocycles. The Morgan fingerprint density at radius 2 is 1.97 bits per heavy atom. The van der Waals surface area contributed by atoms with E-state index in [9.17, 15) is 9.00 Å². The fourth-order valence-electron chi connectivity index (χ4n) is 3.34. The molecule has 0 radical (unpaired) electrons. The molecule has 0 spiro atoms. The van der Waals surface area contributed by atoms with E-state index in [1.165, 1.54) is 11.6 Å². The van der Waals surface area contributed by atoms with Gasteiger partial charge in [-0.15, -0.1) is 0 Å². The summed E-state index contributed by atoms with van der Waals surface area (Å²) >= 11 is 0. The van der Waals surface area contributed by atoms with Crippen LogP contribution >= 0.6 is 0 Å². The van der Waals surface area contributed by atoms with Crippen molar-refractivity contribution in [2.24, 2.45) is 0 Å². The highest BCUT2D eigenvalue weighted by atomic mass is 32.2. The molecule has 0 saturated carbocycles. The number of nitrogens with one attached hydrogen (secondary N) is 1. The molecule has 8 heteroatoms. The van der Waals surface area contributed by atoms with Gasteiger partial charge in [-0.25, -0.2) is 9.19 Å². The van der Waals surface area contributed by atoms with E-state index < -0.39 is 11.0 Å². The van der Waals surface area contributed by atoms with Gasteiger partial charge in [-0.1, -0.05) is 12.1 Å². The van der Waals surface area contributed by atoms with Crippen molar-refractivity contribution in [1.82, 2.24) is 9.71 Å². The number of benzene rings is 1. The number of methoxy groups -OCH3 is 1. The predicted molar refractivity (Wildman–Crippen MR) is 113 cm³/mol. The first-order chi connectivity index (χ1) is 14.6. The average Bonchev–Trinajstić information content (AvgIpc) is 3.11. The van der Waals surface area contributed by atoms with Crippen LogP contribution in [-0.2, 0) is 15.8 Å². The van der Waals surface area contributed by atoms with E-state index in [0.717, 1.165) is 24.8 Å². The molecule has 7 nitrogen and oxygen atoms in total. The molecule has 1 amide bonds. The summed E-state index contributed by atoms with van der Waals surface area (Å²) in [5.41, 5.74) is 1.92. The topological polar surface area (TPSA) is 86.8 Å². The largest absolute Gasteiger partial charge is 0.489 e. The first-order valence-corrected chi connectivity index (χ1v) is 10.8. The van der Waals surface area contributed by atoms with E-state index in [1.54, 1.807) is 31.5 Å². The number of rotatable bonds is 7. The highest BCUT2D eigenvalue weighted by Crippen LogP contribution is 2.26. The highest BCUT2D eigenvalue weighted by Gasteiger charge is 2.21. The Bertz CT molecular complexity index is 999. The van der Waals surface area contributed by atoms with Crippen LogP contribution in [0.3, 0.4) is 0 Å². The number of carbonyl (C=O) groups excluding carboxylic acids is 1. The molecular formula is C22H22N2O5S. The molecule has 2 unspecified atom stereocenters. The van der Waals surface area contributed by atoms with Crippen molar-refractivity contribution < 1.29 is 23.2 Å². The Morgan fingerprint density at radius 3 is 2.63 bits per heavy atom. The number of ether oxygens (including phenoxy) is 3. The van der Waals surface area contributed by atoms with Crippen LogP contribution in [0.1, 0.15) is 24.8 Å². The van der Waals surface area contributed by atoms with Gasteiger partial charge in [0.15, 0.2) is 11.0 Å². The van der Waals surface area contributed by atoms with Crippen molar-refractivity contribution >= 4 is 21.8 Å². The summed E-state index contributed by atoms with van der Waals surface area (Å²) in [6.07, 6.45) is 8.08. The van der Waals surface area contributed by atoms with Gasteiger partial charge >= 0.3 is 0 Å². The number of pyridine rings is 1. The Hall–Kier alpha value is -3.13. The summed E-state index contributed by atoms with van der Waals surface area (Å²) in [7, 11) is 0.0883. The fourth-order valence-corrected chi connectivity index (χ4v) is 4.25. The molecule has 2 aliphatic rings. The molecule has 1 aliphatic carbocycles. The maximum absolute atomic E-state index is 11.8. The molecule has 1 aromatic heterocycles. The molecule has 1 aliphatic heterocycles. The molecule has 156 valence electrons. The Labute approximate surface area is 177 Å². The monoisotopic (exact) mass is 426 g/mol. The zero-order valence-electron chi connectivity index (χ0n) is 16.5. The summed E-state index contributed by atoms with van der Waals surface area (Å²) in [4.78, 5) is 16.0. The zero-order chi connectivity index (χ0) is 20.9. The number of carbonyl (C=O) groups is 1. The summed E-state index contributed by atoms with van der Waals surface area (Å²) in [6, 6.07) is 10.9. The molecule has 0 bridgehead atoms. The quantitative estimate of drug-likeness (QED) is 0.685. The Kier molecular flexibility index (Phi) is 6.13. The van der Waals surface area contributed by atoms with Gasteiger partial charge in [0, 0.05) is 12.1 Å². The third kappa shape index (κ3) is 4.88. The lowest BCUT2D eigenvalue weighted by Gasteiger charge is -2.22. The van der Waals surface area contributed by atoms with Crippen molar-refractivity contribution in [3.05, 3.63) is 65.9 Å². The molecule has 2 aromatic rings. The minimum Gasteiger partial charge on any atom is -0.489 e. The number of aromatic nitrogens is 1. The lowest BCUT2D eigenvalue weighted by molar-refractivity contribution is -0.114. The van der Waals surface area contributed by atoms with E-state index in [1.807, 2.05) is 18.2 Å². The SMILES string of the molecule is COc1ccc(OC2C=C(COc3ccc(C4=CC(=O)NS4=O)cc3)CCC2)cn1. The van der Waals surface area contributed by atoms with E-state index in [4.69, 9.17) is 14.2 Å². The fraction of sp³-hybridized carbons (Fsp3) is 0.273. The van der Waals surface area contributed by atoms with Gasteiger partial charge in [0.2, 0.25) is 5.88 Å². The van der Waals surface area contributed by atoms with Gasteiger partial charge in [-0.3, -0.25) is 9.52 Å². The van der Waals surface area contributed by atoms with Crippen LogP contribution < -0.4 is 18.9 Å². The smallest absolute Gasteiger partial charge is 0.257 e. The standard InChI is InChI=1S/C22H22N2O5S/c1-27-22-10-9-19(13-23-22)29-18-4-2-3-15(11-18)14-28-17-7-5-16(6-8-17)20-12-21(25)24-30(20)26/h5-13,18H,2-4,14H2,1H3,(H,24,25). The summed E-state index contributed by atoms with van der Waals surface area (Å²) < 4.78 is 31.2. The van der Waals surface area contributed by atoms with E-state index in [2.05, 4.69) is 15.8 Å². The van der Waals surface area contributed by atoms with E-state index in [0.29, 0.717) is 28.9 Å². The van der Waals surface area contributed by atoms with Crippen LogP contribution in [-0.4, -0.2) is 34.9 Å². The summed E-state index contributed by atoms with van der Waals surface area (Å²) in [5, 5.41) is 0. The van der Waals surface area contributed by atoms with Crippen LogP contribution in [0.25, 0.3) is 4.91 Å². The van der Waals surface area contributed by atoms with Crippen molar-refractivity contribution in [2.75, 3.05) is 13.7 Å². The third-order valence-corrected chi connectivity index (χ3v) is 5.97. The molecule has 1 N–H and O–H groups in total. The van der Waals surface area contributed by atoms with Crippen LogP contribution in [0.2, 0.25) is 0 Å². The first-order valence-electron chi connectivity index (χ1n) is 9.64. The molecule has 4 rings (SSSR count). The Balaban J connectivity index is 1.34. The van der Waals surface area contributed by atoms with Crippen molar-refractivity contribution in [3.63, 3.8) is 0 Å². The molecule has 30 heavy (non-hydrogen) atoms. The van der Waals surface area contributed by atoms with Crippen molar-refractivity contribution in [2.45, 2.75) is 25.4 Å². The second-order valence-electron chi connectivity index (χ2n) is 6.97. The van der Waals surface area contributed by atoms with Gasteiger partial charge in [-0.05, 0) is 54.7 Å². The van der Waals surface area contributed by atoms with Crippen LogP contribution in [0.15, 0.2) is 60.3 Å². The molecule has 1 aromatic carbocycles. The zero-order valence-corrected chi connectivity index (χ0v) is 17.3. The molecule has 0 saturated heterocycles. The third-order valence-electron chi connectivity index (χ3n) is 4.83. The van der Waals surface area contributed by atoms with E-state index >= 15 is 0 Å². The first kappa shape index (κ1) is 20.2. The minimum absolute atomic E-state index is 0.00996. The Morgan fingerprint density at radius 1 is 1.17 bits per heavy atom. The van der Waals surface area contributed by atoms with Gasteiger partial charge in [-0.2, -0.15) is 0 Å². The highest BCUT2D eigenvalue weighted by molar-refractivity contribution is 7.93. The maximum atomic E-state index is 11.8. The molecular weight excluding hydrogens is 404 g/mol. The lowest BCUT2D eigenvalue weighted by atomic mass is 9.98. The van der Waals surface area contributed by atoms with Gasteiger partial charge in [0.05, 0.1) is 18.2 Å². The average molecular weight is 426 g/mol. The number of amides is 1. The predicted octanol–water partition coefficient (Wildman–Crippen LogP) is 3.16. The van der Waals surface area contributed by atoms with Crippen molar-refractivity contribution in [3.8, 4) is 17.4 Å². The van der Waals surface area contributed by atoms with Gasteiger partial charge in [0.1, 0.15) is 24.2 Å². The van der Waals surface area contributed by atoms with Crippen LogP contribution in [0.5, 0.6) is 17.4 Å². The number of nitrogens with zero attached hydrogens (tertiary/aromatic N) is 1. The maximum Gasteiger partial charge on any atom is 0.257 e. The van der Waals surface area contributed by atoms with E-state index in [-0.39, 0.29) is 12.0 Å². The second kappa shape index (κ2) is 9.13. The van der Waals surface area contributed by atoms with Crippen LogP contribution in [0, 0.1) is 0 Å². The molecule has 0 fully saturated rings. The molecule has 2 atom stereocenters. The van der Waals surface area contributed by atoms with Gasteiger partial charge < -0.3 is 14.2 Å². The summed E-state index contributed by atoms with van der Waals surface area (Å²) in [5.74, 6) is 1.64. The minimum atomic E-state index is -1.49.